The number of rotatable bonds is 8. The highest BCUT2D eigenvalue weighted by Crippen LogP contribution is 2.12. The van der Waals surface area contributed by atoms with Gasteiger partial charge in [-0.1, -0.05) is 12.1 Å². The molecule has 0 spiro atoms. The smallest absolute Gasteiger partial charge is 0.303 e. The lowest BCUT2D eigenvalue weighted by molar-refractivity contribution is -0.137. The lowest BCUT2D eigenvalue weighted by Gasteiger charge is -2.05. The third-order valence-corrected chi connectivity index (χ3v) is 2.42. The standard InChI is InChI=1S/C13H17NO4/c1-18-11-5-2-4-10(8-11)12(15)9-14-7-3-6-13(16)17/h2,4-5,8,14H,3,6-7,9H2,1H3,(H,16,17). The number of carbonyl (C=O) groups is 2. The van der Waals surface area contributed by atoms with Gasteiger partial charge in [0.05, 0.1) is 13.7 Å². The zero-order valence-corrected chi connectivity index (χ0v) is 10.3. The Bertz CT molecular complexity index is 417. The van der Waals surface area contributed by atoms with Crippen LogP contribution in [-0.2, 0) is 4.79 Å². The van der Waals surface area contributed by atoms with Crippen molar-refractivity contribution in [2.24, 2.45) is 0 Å². The van der Waals surface area contributed by atoms with Crippen molar-refractivity contribution in [2.45, 2.75) is 12.8 Å². The van der Waals surface area contributed by atoms with E-state index in [-0.39, 0.29) is 18.7 Å². The van der Waals surface area contributed by atoms with Gasteiger partial charge in [0, 0.05) is 12.0 Å². The Kier molecular flexibility index (Phi) is 5.87. The number of methoxy groups -OCH3 is 1. The second kappa shape index (κ2) is 7.45. The summed E-state index contributed by atoms with van der Waals surface area (Å²) in [7, 11) is 1.55. The number of carboxylic acids is 1. The van der Waals surface area contributed by atoms with Crippen molar-refractivity contribution in [1.82, 2.24) is 5.32 Å². The van der Waals surface area contributed by atoms with Crippen LogP contribution in [0, 0.1) is 0 Å². The van der Waals surface area contributed by atoms with Gasteiger partial charge in [-0.05, 0) is 25.1 Å². The molecule has 18 heavy (non-hydrogen) atoms. The summed E-state index contributed by atoms with van der Waals surface area (Å²) < 4.78 is 5.04. The van der Waals surface area contributed by atoms with E-state index in [1.807, 2.05) is 0 Å². The monoisotopic (exact) mass is 251 g/mol. The molecule has 0 radical (unpaired) electrons. The average Bonchev–Trinajstić information content (AvgIpc) is 2.37. The minimum absolute atomic E-state index is 0.0378. The number of carboxylic acid groups (broad SMARTS) is 1. The van der Waals surface area contributed by atoms with Gasteiger partial charge < -0.3 is 15.2 Å². The van der Waals surface area contributed by atoms with Crippen LogP contribution in [0.5, 0.6) is 5.75 Å². The van der Waals surface area contributed by atoms with E-state index in [1.54, 1.807) is 31.4 Å². The van der Waals surface area contributed by atoms with Gasteiger partial charge in [0.25, 0.3) is 0 Å². The average molecular weight is 251 g/mol. The fourth-order valence-electron chi connectivity index (χ4n) is 1.47. The van der Waals surface area contributed by atoms with Crippen molar-refractivity contribution in [3.63, 3.8) is 0 Å². The first-order valence-corrected chi connectivity index (χ1v) is 5.73. The molecule has 5 nitrogen and oxygen atoms in total. The highest BCUT2D eigenvalue weighted by molar-refractivity contribution is 5.97. The SMILES string of the molecule is COc1cccc(C(=O)CNCCCC(=O)O)c1. The number of hydrogen-bond acceptors (Lipinski definition) is 4. The highest BCUT2D eigenvalue weighted by Gasteiger charge is 2.06. The van der Waals surface area contributed by atoms with E-state index in [2.05, 4.69) is 5.32 Å². The van der Waals surface area contributed by atoms with Crippen LogP contribution in [0.1, 0.15) is 23.2 Å². The minimum Gasteiger partial charge on any atom is -0.497 e. The predicted molar refractivity (Wildman–Crippen MR) is 67.1 cm³/mol. The second-order valence-corrected chi connectivity index (χ2v) is 3.83. The number of Topliss-reactive ketones (excluding diaryl/α,β-unsaturated/α-hetero) is 1. The van der Waals surface area contributed by atoms with Crippen LogP contribution in [-0.4, -0.2) is 37.1 Å². The molecule has 0 saturated heterocycles. The second-order valence-electron chi connectivity index (χ2n) is 3.83. The predicted octanol–water partition coefficient (Wildman–Crippen LogP) is 1.33. The Labute approximate surface area is 106 Å². The Balaban J connectivity index is 2.33. The Morgan fingerprint density at radius 3 is 2.83 bits per heavy atom. The summed E-state index contributed by atoms with van der Waals surface area (Å²) in [6.45, 7) is 0.717. The van der Waals surface area contributed by atoms with Crippen LogP contribution in [0.25, 0.3) is 0 Å². The van der Waals surface area contributed by atoms with Crippen molar-refractivity contribution in [2.75, 3.05) is 20.2 Å². The fourth-order valence-corrected chi connectivity index (χ4v) is 1.47. The molecule has 5 heteroatoms. The molecule has 0 aliphatic carbocycles. The third kappa shape index (κ3) is 4.97. The zero-order chi connectivity index (χ0) is 13.4. The first-order chi connectivity index (χ1) is 8.63. The van der Waals surface area contributed by atoms with E-state index in [0.717, 1.165) is 0 Å². The van der Waals surface area contributed by atoms with Gasteiger partial charge >= 0.3 is 5.97 Å². The topological polar surface area (TPSA) is 75.6 Å². The van der Waals surface area contributed by atoms with Crippen LogP contribution in [0.2, 0.25) is 0 Å². The molecular weight excluding hydrogens is 234 g/mol. The number of ketones is 1. The van der Waals surface area contributed by atoms with Crippen LogP contribution in [0.4, 0.5) is 0 Å². The van der Waals surface area contributed by atoms with Crippen LogP contribution in [0.3, 0.4) is 0 Å². The summed E-state index contributed by atoms with van der Waals surface area (Å²) in [4.78, 5) is 22.1. The summed E-state index contributed by atoms with van der Waals surface area (Å²) in [6.07, 6.45) is 0.626. The van der Waals surface area contributed by atoms with E-state index in [0.29, 0.717) is 24.3 Å². The van der Waals surface area contributed by atoms with Crippen molar-refractivity contribution in [1.29, 1.82) is 0 Å². The van der Waals surface area contributed by atoms with Crippen molar-refractivity contribution >= 4 is 11.8 Å². The van der Waals surface area contributed by atoms with Crippen LogP contribution in [0.15, 0.2) is 24.3 Å². The lowest BCUT2D eigenvalue weighted by Crippen LogP contribution is -2.24. The number of nitrogens with one attached hydrogen (secondary N) is 1. The molecule has 0 aromatic heterocycles. The van der Waals surface area contributed by atoms with E-state index in [4.69, 9.17) is 9.84 Å². The van der Waals surface area contributed by atoms with Gasteiger partial charge in [0.1, 0.15) is 5.75 Å². The Morgan fingerprint density at radius 1 is 1.39 bits per heavy atom. The molecule has 0 bridgehead atoms. The van der Waals surface area contributed by atoms with Gasteiger partial charge in [0.2, 0.25) is 0 Å². The van der Waals surface area contributed by atoms with Gasteiger partial charge in [-0.3, -0.25) is 9.59 Å². The maximum Gasteiger partial charge on any atom is 0.303 e. The Hall–Kier alpha value is -1.88. The van der Waals surface area contributed by atoms with Gasteiger partial charge in [-0.25, -0.2) is 0 Å². The molecule has 0 unspecified atom stereocenters. The number of carbonyl (C=O) groups excluding carboxylic acids is 1. The molecule has 98 valence electrons. The quantitative estimate of drug-likeness (QED) is 0.538. The molecule has 1 aromatic rings. The molecule has 2 N–H and O–H groups in total. The molecular formula is C13H17NO4. The molecule has 0 atom stereocenters. The minimum atomic E-state index is -0.823. The maximum absolute atomic E-state index is 11.8. The van der Waals surface area contributed by atoms with Gasteiger partial charge in [0.15, 0.2) is 5.78 Å². The van der Waals surface area contributed by atoms with E-state index in [9.17, 15) is 9.59 Å². The van der Waals surface area contributed by atoms with Crippen LogP contribution >= 0.6 is 0 Å². The van der Waals surface area contributed by atoms with E-state index >= 15 is 0 Å². The Morgan fingerprint density at radius 2 is 2.17 bits per heavy atom. The summed E-state index contributed by atoms with van der Waals surface area (Å²) in [5.41, 5.74) is 0.583. The highest BCUT2D eigenvalue weighted by atomic mass is 16.5. The number of benzene rings is 1. The largest absolute Gasteiger partial charge is 0.497 e. The number of aliphatic carboxylic acids is 1. The molecule has 1 aromatic carbocycles. The normalized spacial score (nSPS) is 10.1. The van der Waals surface area contributed by atoms with Crippen molar-refractivity contribution in [3.05, 3.63) is 29.8 Å². The molecule has 0 heterocycles. The summed E-state index contributed by atoms with van der Waals surface area (Å²) in [5.74, 6) is -0.216. The van der Waals surface area contributed by atoms with Gasteiger partial charge in [-0.15, -0.1) is 0 Å². The van der Waals surface area contributed by atoms with Crippen LogP contribution < -0.4 is 10.1 Å². The molecule has 0 aliphatic heterocycles. The first kappa shape index (κ1) is 14.2. The van der Waals surface area contributed by atoms with Crippen molar-refractivity contribution < 1.29 is 19.4 Å². The van der Waals surface area contributed by atoms with Gasteiger partial charge in [-0.2, -0.15) is 0 Å². The first-order valence-electron chi connectivity index (χ1n) is 5.73. The zero-order valence-electron chi connectivity index (χ0n) is 10.3. The summed E-state index contributed by atoms with van der Waals surface area (Å²) >= 11 is 0. The molecule has 0 amide bonds. The van der Waals surface area contributed by atoms with E-state index in [1.165, 1.54) is 0 Å². The van der Waals surface area contributed by atoms with Crippen molar-refractivity contribution in [3.8, 4) is 5.75 Å². The fraction of sp³-hybridized carbons (Fsp3) is 0.385. The third-order valence-electron chi connectivity index (χ3n) is 2.42. The number of ether oxygens (including phenoxy) is 1. The van der Waals surface area contributed by atoms with E-state index < -0.39 is 5.97 Å². The number of hydrogen-bond donors (Lipinski definition) is 2. The summed E-state index contributed by atoms with van der Waals surface area (Å²) in [5, 5.41) is 11.4. The summed E-state index contributed by atoms with van der Waals surface area (Å²) in [6, 6.07) is 6.94. The molecule has 0 aliphatic rings. The molecule has 1 rings (SSSR count). The maximum atomic E-state index is 11.8. The lowest BCUT2D eigenvalue weighted by atomic mass is 10.1. The molecule has 0 saturated carbocycles. The molecule has 0 fully saturated rings.